The van der Waals surface area contributed by atoms with E-state index in [9.17, 15) is 9.59 Å². The molecule has 1 aliphatic heterocycles. The van der Waals surface area contributed by atoms with E-state index < -0.39 is 0 Å². The zero-order valence-electron chi connectivity index (χ0n) is 14.3. The number of piperazine rings is 1. The highest BCUT2D eigenvalue weighted by Crippen LogP contribution is 2.27. The Labute approximate surface area is 147 Å². The SMILES string of the molecule is COC(=O)N1CCN(C(=O)C(c2ccccc2)c2ccccc2)CC1. The molecule has 0 unspecified atom stereocenters. The van der Waals surface area contributed by atoms with Gasteiger partial charge in [0.1, 0.15) is 0 Å². The predicted octanol–water partition coefficient (Wildman–Crippen LogP) is 2.73. The molecular weight excluding hydrogens is 316 g/mol. The number of nitrogens with zero attached hydrogens (tertiary/aromatic N) is 2. The number of amides is 2. The molecule has 5 nitrogen and oxygen atoms in total. The molecule has 2 aromatic rings. The van der Waals surface area contributed by atoms with Crippen LogP contribution in [0.1, 0.15) is 17.0 Å². The number of ether oxygens (including phenoxy) is 1. The Morgan fingerprint density at radius 2 is 1.24 bits per heavy atom. The van der Waals surface area contributed by atoms with Crippen molar-refractivity contribution >= 4 is 12.0 Å². The van der Waals surface area contributed by atoms with Gasteiger partial charge in [0.05, 0.1) is 13.0 Å². The van der Waals surface area contributed by atoms with Gasteiger partial charge in [-0.15, -0.1) is 0 Å². The van der Waals surface area contributed by atoms with E-state index in [2.05, 4.69) is 0 Å². The maximum atomic E-state index is 13.2. The second-order valence-electron chi connectivity index (χ2n) is 6.04. The first-order valence-corrected chi connectivity index (χ1v) is 8.42. The minimum Gasteiger partial charge on any atom is -0.453 e. The van der Waals surface area contributed by atoms with Crippen molar-refractivity contribution in [3.63, 3.8) is 0 Å². The Morgan fingerprint density at radius 3 is 1.68 bits per heavy atom. The lowest BCUT2D eigenvalue weighted by Gasteiger charge is -2.36. The Bertz CT molecular complexity index is 671. The first kappa shape index (κ1) is 17.0. The molecule has 1 fully saturated rings. The van der Waals surface area contributed by atoms with Gasteiger partial charge < -0.3 is 14.5 Å². The third-order valence-electron chi connectivity index (χ3n) is 4.54. The molecule has 130 valence electrons. The van der Waals surface area contributed by atoms with Crippen LogP contribution in [-0.4, -0.2) is 55.1 Å². The molecule has 0 bridgehead atoms. The van der Waals surface area contributed by atoms with Crippen molar-refractivity contribution in [2.24, 2.45) is 0 Å². The summed E-state index contributed by atoms with van der Waals surface area (Å²) in [6, 6.07) is 19.7. The van der Waals surface area contributed by atoms with E-state index in [1.165, 1.54) is 7.11 Å². The summed E-state index contributed by atoms with van der Waals surface area (Å²) in [7, 11) is 1.38. The van der Waals surface area contributed by atoms with Crippen LogP contribution >= 0.6 is 0 Å². The van der Waals surface area contributed by atoms with Crippen molar-refractivity contribution in [3.05, 3.63) is 71.8 Å². The zero-order chi connectivity index (χ0) is 17.6. The van der Waals surface area contributed by atoms with E-state index in [0.29, 0.717) is 26.2 Å². The fourth-order valence-corrected chi connectivity index (χ4v) is 3.19. The number of carbonyl (C=O) groups is 2. The number of rotatable bonds is 3. The minimum absolute atomic E-state index is 0.0712. The van der Waals surface area contributed by atoms with Crippen LogP contribution in [0.25, 0.3) is 0 Å². The van der Waals surface area contributed by atoms with Crippen molar-refractivity contribution in [1.29, 1.82) is 0 Å². The van der Waals surface area contributed by atoms with Gasteiger partial charge in [0.2, 0.25) is 5.91 Å². The maximum absolute atomic E-state index is 13.2. The topological polar surface area (TPSA) is 49.9 Å². The largest absolute Gasteiger partial charge is 0.453 e. The Morgan fingerprint density at radius 1 is 0.800 bits per heavy atom. The summed E-state index contributed by atoms with van der Waals surface area (Å²) >= 11 is 0. The summed E-state index contributed by atoms with van der Waals surface area (Å²) in [5, 5.41) is 0. The molecule has 2 aromatic carbocycles. The van der Waals surface area contributed by atoms with Crippen LogP contribution in [-0.2, 0) is 9.53 Å². The van der Waals surface area contributed by atoms with Gasteiger partial charge in [0.25, 0.3) is 0 Å². The normalized spacial score (nSPS) is 14.5. The van der Waals surface area contributed by atoms with E-state index in [1.807, 2.05) is 65.6 Å². The molecular formula is C20H22N2O3. The molecule has 5 heteroatoms. The van der Waals surface area contributed by atoms with Crippen LogP contribution in [0, 0.1) is 0 Å². The summed E-state index contributed by atoms with van der Waals surface area (Å²) in [4.78, 5) is 28.3. The first-order valence-electron chi connectivity index (χ1n) is 8.42. The summed E-state index contributed by atoms with van der Waals surface area (Å²) in [6.07, 6.45) is -0.338. The summed E-state index contributed by atoms with van der Waals surface area (Å²) in [6.45, 7) is 2.03. The molecule has 1 heterocycles. The fraction of sp³-hybridized carbons (Fsp3) is 0.300. The predicted molar refractivity (Wildman–Crippen MR) is 95.3 cm³/mol. The maximum Gasteiger partial charge on any atom is 0.409 e. The van der Waals surface area contributed by atoms with Gasteiger partial charge in [-0.1, -0.05) is 60.7 Å². The molecule has 2 amide bonds. The average Bonchev–Trinajstić information content (AvgIpc) is 2.69. The van der Waals surface area contributed by atoms with Crippen molar-refractivity contribution in [2.45, 2.75) is 5.92 Å². The lowest BCUT2D eigenvalue weighted by Crippen LogP contribution is -2.51. The Kier molecular flexibility index (Phi) is 5.33. The molecule has 0 N–H and O–H groups in total. The monoisotopic (exact) mass is 338 g/mol. The Balaban J connectivity index is 1.80. The third kappa shape index (κ3) is 3.82. The molecule has 0 aromatic heterocycles. The third-order valence-corrected chi connectivity index (χ3v) is 4.54. The van der Waals surface area contributed by atoms with Gasteiger partial charge in [-0.05, 0) is 11.1 Å². The van der Waals surface area contributed by atoms with E-state index in [0.717, 1.165) is 11.1 Å². The summed E-state index contributed by atoms with van der Waals surface area (Å²) < 4.78 is 4.76. The van der Waals surface area contributed by atoms with Gasteiger partial charge in [-0.2, -0.15) is 0 Å². The van der Waals surface area contributed by atoms with Gasteiger partial charge in [-0.3, -0.25) is 4.79 Å². The molecule has 0 spiro atoms. The van der Waals surface area contributed by atoms with Crippen LogP contribution in [0.3, 0.4) is 0 Å². The molecule has 0 atom stereocenters. The van der Waals surface area contributed by atoms with Gasteiger partial charge in [0.15, 0.2) is 0 Å². The highest BCUT2D eigenvalue weighted by molar-refractivity contribution is 5.87. The fourth-order valence-electron chi connectivity index (χ4n) is 3.19. The lowest BCUT2D eigenvalue weighted by molar-refractivity contribution is -0.133. The van der Waals surface area contributed by atoms with Crippen LogP contribution in [0.5, 0.6) is 0 Å². The van der Waals surface area contributed by atoms with Crippen LogP contribution < -0.4 is 0 Å². The van der Waals surface area contributed by atoms with Crippen LogP contribution in [0.2, 0.25) is 0 Å². The van der Waals surface area contributed by atoms with Crippen LogP contribution in [0.15, 0.2) is 60.7 Å². The quantitative estimate of drug-likeness (QED) is 0.865. The number of hydrogen-bond acceptors (Lipinski definition) is 3. The molecule has 25 heavy (non-hydrogen) atoms. The van der Waals surface area contributed by atoms with E-state index in [4.69, 9.17) is 4.74 Å². The highest BCUT2D eigenvalue weighted by Gasteiger charge is 2.30. The second-order valence-corrected chi connectivity index (χ2v) is 6.04. The molecule has 1 saturated heterocycles. The minimum atomic E-state index is -0.338. The molecule has 0 saturated carbocycles. The molecule has 3 rings (SSSR count). The zero-order valence-corrected chi connectivity index (χ0v) is 14.3. The van der Waals surface area contributed by atoms with Crippen molar-refractivity contribution in [1.82, 2.24) is 9.80 Å². The van der Waals surface area contributed by atoms with E-state index in [1.54, 1.807) is 4.90 Å². The van der Waals surface area contributed by atoms with Crippen molar-refractivity contribution < 1.29 is 14.3 Å². The molecule has 0 radical (unpaired) electrons. The smallest absolute Gasteiger partial charge is 0.409 e. The van der Waals surface area contributed by atoms with Crippen LogP contribution in [0.4, 0.5) is 4.79 Å². The number of methoxy groups -OCH3 is 1. The molecule has 0 aliphatic carbocycles. The van der Waals surface area contributed by atoms with E-state index in [-0.39, 0.29) is 17.9 Å². The van der Waals surface area contributed by atoms with Crippen molar-refractivity contribution in [3.8, 4) is 0 Å². The second kappa shape index (κ2) is 7.83. The highest BCUT2D eigenvalue weighted by atomic mass is 16.5. The van der Waals surface area contributed by atoms with Gasteiger partial charge in [0, 0.05) is 26.2 Å². The Hall–Kier alpha value is -2.82. The lowest BCUT2D eigenvalue weighted by atomic mass is 9.90. The standard InChI is InChI=1S/C20H22N2O3/c1-25-20(24)22-14-12-21(13-15-22)19(23)18(16-8-4-2-5-9-16)17-10-6-3-7-11-17/h2-11,18H,12-15H2,1H3. The van der Waals surface area contributed by atoms with Gasteiger partial charge >= 0.3 is 6.09 Å². The number of benzene rings is 2. The summed E-state index contributed by atoms with van der Waals surface area (Å²) in [5.41, 5.74) is 1.96. The van der Waals surface area contributed by atoms with Crippen molar-refractivity contribution in [2.75, 3.05) is 33.3 Å². The molecule has 1 aliphatic rings. The van der Waals surface area contributed by atoms with Gasteiger partial charge in [-0.25, -0.2) is 4.79 Å². The first-order chi connectivity index (χ1) is 12.2. The summed E-state index contributed by atoms with van der Waals surface area (Å²) in [5.74, 6) is -0.256. The number of hydrogen-bond donors (Lipinski definition) is 0. The number of carbonyl (C=O) groups excluding carboxylic acids is 2. The average molecular weight is 338 g/mol. The van der Waals surface area contributed by atoms with E-state index >= 15 is 0 Å².